The van der Waals surface area contributed by atoms with Gasteiger partial charge in [-0.1, -0.05) is 25.9 Å². The second-order valence-electron chi connectivity index (χ2n) is 6.33. The number of aromatic nitrogens is 2. The van der Waals surface area contributed by atoms with E-state index in [1.54, 1.807) is 0 Å². The average Bonchev–Trinajstić information content (AvgIpc) is 2.83. The lowest BCUT2D eigenvalue weighted by Gasteiger charge is -2.34. The van der Waals surface area contributed by atoms with E-state index in [1.165, 1.54) is 12.8 Å². The fourth-order valence-corrected chi connectivity index (χ4v) is 2.93. The topological polar surface area (TPSA) is 68.2 Å². The van der Waals surface area contributed by atoms with Crippen LogP contribution in [0, 0.1) is 5.92 Å². The molecule has 5 heteroatoms. The van der Waals surface area contributed by atoms with Crippen LogP contribution in [0.3, 0.4) is 0 Å². The SMILES string of the molecule is CCN(Cc1noc(CC(C)C)n1)C1CCC(N)CC1. The van der Waals surface area contributed by atoms with E-state index in [1.807, 2.05) is 0 Å². The summed E-state index contributed by atoms with van der Waals surface area (Å²) in [5.74, 6) is 2.12. The van der Waals surface area contributed by atoms with Crippen LogP contribution in [-0.4, -0.2) is 33.7 Å². The van der Waals surface area contributed by atoms with Crippen molar-refractivity contribution in [3.8, 4) is 0 Å². The Morgan fingerprint density at radius 3 is 2.60 bits per heavy atom. The zero-order chi connectivity index (χ0) is 14.5. The number of rotatable bonds is 6. The quantitative estimate of drug-likeness (QED) is 0.866. The van der Waals surface area contributed by atoms with Gasteiger partial charge in [-0.25, -0.2) is 0 Å². The molecule has 0 aromatic carbocycles. The van der Waals surface area contributed by atoms with E-state index >= 15 is 0 Å². The number of nitrogens with two attached hydrogens (primary N) is 1. The summed E-state index contributed by atoms with van der Waals surface area (Å²) < 4.78 is 5.32. The van der Waals surface area contributed by atoms with Gasteiger partial charge < -0.3 is 10.3 Å². The van der Waals surface area contributed by atoms with Crippen LogP contribution >= 0.6 is 0 Å². The summed E-state index contributed by atoms with van der Waals surface area (Å²) in [6.07, 6.45) is 5.49. The van der Waals surface area contributed by atoms with Crippen molar-refractivity contribution in [3.05, 3.63) is 11.7 Å². The van der Waals surface area contributed by atoms with Crippen LogP contribution in [0.2, 0.25) is 0 Å². The first kappa shape index (κ1) is 15.4. The van der Waals surface area contributed by atoms with Crippen molar-refractivity contribution >= 4 is 0 Å². The summed E-state index contributed by atoms with van der Waals surface area (Å²) in [5, 5.41) is 4.11. The van der Waals surface area contributed by atoms with Crippen LogP contribution in [0.25, 0.3) is 0 Å². The highest BCUT2D eigenvalue weighted by Crippen LogP contribution is 2.23. The molecular weight excluding hydrogens is 252 g/mol. The van der Waals surface area contributed by atoms with Crippen LogP contribution in [0.5, 0.6) is 0 Å². The monoisotopic (exact) mass is 280 g/mol. The first-order valence-electron chi connectivity index (χ1n) is 7.89. The van der Waals surface area contributed by atoms with Crippen LogP contribution in [0.1, 0.15) is 58.2 Å². The minimum absolute atomic E-state index is 0.396. The minimum Gasteiger partial charge on any atom is -0.339 e. The van der Waals surface area contributed by atoms with Crippen molar-refractivity contribution in [2.45, 2.75) is 71.5 Å². The third-order valence-corrected chi connectivity index (χ3v) is 4.10. The Balaban J connectivity index is 1.90. The fourth-order valence-electron chi connectivity index (χ4n) is 2.93. The molecule has 5 nitrogen and oxygen atoms in total. The van der Waals surface area contributed by atoms with E-state index in [4.69, 9.17) is 10.3 Å². The van der Waals surface area contributed by atoms with Crippen molar-refractivity contribution in [1.29, 1.82) is 0 Å². The van der Waals surface area contributed by atoms with Gasteiger partial charge in [0.2, 0.25) is 5.89 Å². The van der Waals surface area contributed by atoms with E-state index in [0.717, 1.165) is 44.1 Å². The van der Waals surface area contributed by atoms with Gasteiger partial charge in [-0.05, 0) is 38.1 Å². The molecule has 2 N–H and O–H groups in total. The van der Waals surface area contributed by atoms with Gasteiger partial charge in [0, 0.05) is 18.5 Å². The van der Waals surface area contributed by atoms with Crippen molar-refractivity contribution < 1.29 is 4.52 Å². The lowest BCUT2D eigenvalue weighted by Crippen LogP contribution is -2.40. The first-order valence-corrected chi connectivity index (χ1v) is 7.89. The Kier molecular flexibility index (Phi) is 5.54. The molecule has 1 saturated carbocycles. The predicted octanol–water partition coefficient (Wildman–Crippen LogP) is 2.36. The third kappa shape index (κ3) is 4.28. The molecule has 1 aromatic rings. The maximum atomic E-state index is 5.98. The van der Waals surface area contributed by atoms with Crippen LogP contribution in [0.4, 0.5) is 0 Å². The third-order valence-electron chi connectivity index (χ3n) is 4.10. The standard InChI is InChI=1S/C15H28N4O/c1-4-19(13-7-5-12(16)6-8-13)10-14-17-15(20-18-14)9-11(2)3/h11-13H,4-10,16H2,1-3H3. The Bertz CT molecular complexity index is 396. The highest BCUT2D eigenvalue weighted by atomic mass is 16.5. The summed E-state index contributed by atoms with van der Waals surface area (Å²) >= 11 is 0. The largest absolute Gasteiger partial charge is 0.339 e. The van der Waals surface area contributed by atoms with Gasteiger partial charge >= 0.3 is 0 Å². The highest BCUT2D eigenvalue weighted by molar-refractivity contribution is 4.89. The van der Waals surface area contributed by atoms with E-state index in [9.17, 15) is 0 Å². The maximum Gasteiger partial charge on any atom is 0.226 e. The Labute approximate surface area is 121 Å². The molecule has 1 aliphatic carbocycles. The molecule has 0 bridgehead atoms. The fraction of sp³-hybridized carbons (Fsp3) is 0.867. The van der Waals surface area contributed by atoms with E-state index in [2.05, 4.69) is 35.8 Å². The lowest BCUT2D eigenvalue weighted by atomic mass is 9.91. The zero-order valence-electron chi connectivity index (χ0n) is 13.0. The van der Waals surface area contributed by atoms with E-state index in [0.29, 0.717) is 18.0 Å². The predicted molar refractivity (Wildman–Crippen MR) is 79.2 cm³/mol. The molecule has 0 aliphatic heterocycles. The van der Waals surface area contributed by atoms with Crippen LogP contribution < -0.4 is 5.73 Å². The van der Waals surface area contributed by atoms with Gasteiger partial charge in [0.25, 0.3) is 0 Å². The van der Waals surface area contributed by atoms with Crippen LogP contribution in [0.15, 0.2) is 4.52 Å². The summed E-state index contributed by atoms with van der Waals surface area (Å²) in [7, 11) is 0. The van der Waals surface area contributed by atoms with Gasteiger partial charge in [0.1, 0.15) is 0 Å². The summed E-state index contributed by atoms with van der Waals surface area (Å²) in [6, 6.07) is 1.01. The number of nitrogens with zero attached hydrogens (tertiary/aromatic N) is 3. The van der Waals surface area contributed by atoms with Gasteiger partial charge in [-0.15, -0.1) is 0 Å². The molecule has 0 unspecified atom stereocenters. The molecule has 20 heavy (non-hydrogen) atoms. The number of hydrogen-bond acceptors (Lipinski definition) is 5. The first-order chi connectivity index (χ1) is 9.58. The molecular formula is C15H28N4O. The summed E-state index contributed by atoms with van der Waals surface area (Å²) in [5.41, 5.74) is 5.98. The van der Waals surface area contributed by atoms with E-state index < -0.39 is 0 Å². The molecule has 1 heterocycles. The number of hydrogen-bond donors (Lipinski definition) is 1. The summed E-state index contributed by atoms with van der Waals surface area (Å²) in [4.78, 5) is 6.96. The second kappa shape index (κ2) is 7.18. The molecule has 1 aliphatic rings. The zero-order valence-corrected chi connectivity index (χ0v) is 13.0. The molecule has 114 valence electrons. The Morgan fingerprint density at radius 2 is 2.00 bits per heavy atom. The lowest BCUT2D eigenvalue weighted by molar-refractivity contribution is 0.144. The van der Waals surface area contributed by atoms with Gasteiger partial charge in [0.05, 0.1) is 6.54 Å². The molecule has 2 rings (SSSR count). The molecule has 1 fully saturated rings. The molecule has 0 amide bonds. The maximum absolute atomic E-state index is 5.98. The van der Waals surface area contributed by atoms with Gasteiger partial charge in [0.15, 0.2) is 5.82 Å². The Hall–Kier alpha value is -0.940. The normalized spacial score (nSPS) is 23.7. The van der Waals surface area contributed by atoms with Gasteiger partial charge in [-0.2, -0.15) is 4.98 Å². The molecule has 1 aromatic heterocycles. The van der Waals surface area contributed by atoms with Crippen molar-refractivity contribution in [3.63, 3.8) is 0 Å². The van der Waals surface area contributed by atoms with Crippen LogP contribution in [-0.2, 0) is 13.0 Å². The average molecular weight is 280 g/mol. The van der Waals surface area contributed by atoms with Gasteiger partial charge in [-0.3, -0.25) is 4.90 Å². The van der Waals surface area contributed by atoms with Crippen molar-refractivity contribution in [2.24, 2.45) is 11.7 Å². The summed E-state index contributed by atoms with van der Waals surface area (Å²) in [6.45, 7) is 8.33. The smallest absolute Gasteiger partial charge is 0.226 e. The Morgan fingerprint density at radius 1 is 1.30 bits per heavy atom. The molecule has 0 radical (unpaired) electrons. The van der Waals surface area contributed by atoms with E-state index in [-0.39, 0.29) is 0 Å². The highest BCUT2D eigenvalue weighted by Gasteiger charge is 2.24. The van der Waals surface area contributed by atoms with Crippen molar-refractivity contribution in [1.82, 2.24) is 15.0 Å². The second-order valence-corrected chi connectivity index (χ2v) is 6.33. The molecule has 0 saturated heterocycles. The molecule has 0 spiro atoms. The minimum atomic E-state index is 0.396. The molecule has 0 atom stereocenters. The van der Waals surface area contributed by atoms with Crippen molar-refractivity contribution in [2.75, 3.05) is 6.54 Å².